The van der Waals surface area contributed by atoms with E-state index >= 15 is 0 Å². The minimum atomic E-state index is 0.613. The highest BCUT2D eigenvalue weighted by atomic mass is 16.6. The molecule has 1 aliphatic heterocycles. The van der Waals surface area contributed by atoms with E-state index in [2.05, 4.69) is 19.0 Å². The highest BCUT2D eigenvalue weighted by molar-refractivity contribution is 5.84. The molecule has 1 atom stereocenters. The predicted octanol–water partition coefficient (Wildman–Crippen LogP) is 2.98. The van der Waals surface area contributed by atoms with E-state index in [9.17, 15) is 0 Å². The Bertz CT molecular complexity index is 154. The average molecular weight is 169 g/mol. The molecule has 0 spiro atoms. The van der Waals surface area contributed by atoms with Gasteiger partial charge in [-0.15, -0.1) is 0 Å². The zero-order valence-electron chi connectivity index (χ0n) is 8.18. The monoisotopic (exact) mass is 169 g/mol. The molecule has 2 heteroatoms. The molecule has 0 saturated carbocycles. The van der Waals surface area contributed by atoms with E-state index in [1.165, 1.54) is 37.8 Å². The summed E-state index contributed by atoms with van der Waals surface area (Å²) in [5.74, 6) is 0.613. The van der Waals surface area contributed by atoms with E-state index in [1.54, 1.807) is 0 Å². The molecule has 0 N–H and O–H groups in total. The fraction of sp³-hybridized carbons (Fsp3) is 0.900. The molecule has 70 valence electrons. The fourth-order valence-electron chi connectivity index (χ4n) is 1.53. The Labute approximate surface area is 75.0 Å². The van der Waals surface area contributed by atoms with Crippen LogP contribution in [-0.4, -0.2) is 12.3 Å². The van der Waals surface area contributed by atoms with Crippen LogP contribution in [0.3, 0.4) is 0 Å². The number of unbranched alkanes of at least 4 members (excludes halogenated alkanes) is 3. The third-order valence-corrected chi connectivity index (χ3v) is 2.48. The van der Waals surface area contributed by atoms with Crippen molar-refractivity contribution in [2.75, 3.05) is 6.61 Å². The summed E-state index contributed by atoms with van der Waals surface area (Å²) in [4.78, 5) is 5.01. The van der Waals surface area contributed by atoms with Gasteiger partial charge in [-0.2, -0.15) is 0 Å². The lowest BCUT2D eigenvalue weighted by atomic mass is 9.98. The first kappa shape index (κ1) is 9.56. The molecular formula is C10H19NO. The molecule has 0 saturated heterocycles. The summed E-state index contributed by atoms with van der Waals surface area (Å²) in [6, 6.07) is 0. The van der Waals surface area contributed by atoms with E-state index in [4.69, 9.17) is 4.84 Å². The summed E-state index contributed by atoms with van der Waals surface area (Å²) in [6.07, 6.45) is 6.63. The lowest BCUT2D eigenvalue weighted by Gasteiger charge is -2.06. The number of oxime groups is 1. The summed E-state index contributed by atoms with van der Waals surface area (Å²) in [7, 11) is 0. The minimum Gasteiger partial charge on any atom is -0.395 e. The van der Waals surface area contributed by atoms with Crippen LogP contribution in [0.4, 0.5) is 0 Å². The minimum absolute atomic E-state index is 0.613. The average Bonchev–Trinajstić information content (AvgIpc) is 2.46. The van der Waals surface area contributed by atoms with Gasteiger partial charge in [0, 0.05) is 5.92 Å². The molecule has 0 aromatic rings. The summed E-state index contributed by atoms with van der Waals surface area (Å²) >= 11 is 0. The molecule has 0 aromatic carbocycles. The van der Waals surface area contributed by atoms with Crippen molar-refractivity contribution in [3.8, 4) is 0 Å². The second-order valence-electron chi connectivity index (χ2n) is 3.57. The van der Waals surface area contributed by atoms with Gasteiger partial charge in [-0.3, -0.25) is 0 Å². The molecule has 12 heavy (non-hydrogen) atoms. The van der Waals surface area contributed by atoms with Crippen LogP contribution in [0.2, 0.25) is 0 Å². The molecule has 0 amide bonds. The molecule has 1 unspecified atom stereocenters. The van der Waals surface area contributed by atoms with Crippen LogP contribution in [0.1, 0.15) is 46.0 Å². The van der Waals surface area contributed by atoms with E-state index in [0.717, 1.165) is 6.61 Å². The molecular weight excluding hydrogens is 150 g/mol. The summed E-state index contributed by atoms with van der Waals surface area (Å²) in [5, 5.41) is 3.93. The Hall–Kier alpha value is -0.530. The quantitative estimate of drug-likeness (QED) is 0.580. The topological polar surface area (TPSA) is 21.6 Å². The van der Waals surface area contributed by atoms with Crippen LogP contribution in [0, 0.1) is 5.92 Å². The smallest absolute Gasteiger partial charge is 0.125 e. The zero-order chi connectivity index (χ0) is 8.81. The van der Waals surface area contributed by atoms with E-state index < -0.39 is 0 Å². The first-order valence-corrected chi connectivity index (χ1v) is 5.01. The van der Waals surface area contributed by atoms with Crippen molar-refractivity contribution in [1.82, 2.24) is 0 Å². The van der Waals surface area contributed by atoms with Gasteiger partial charge in [0.15, 0.2) is 0 Å². The molecule has 1 rings (SSSR count). The highest BCUT2D eigenvalue weighted by Crippen LogP contribution is 2.17. The van der Waals surface area contributed by atoms with Crippen LogP contribution in [0.25, 0.3) is 0 Å². The molecule has 2 nitrogen and oxygen atoms in total. The van der Waals surface area contributed by atoms with E-state index in [1.807, 2.05) is 0 Å². The van der Waals surface area contributed by atoms with Crippen LogP contribution >= 0.6 is 0 Å². The van der Waals surface area contributed by atoms with Crippen molar-refractivity contribution >= 4 is 5.71 Å². The Morgan fingerprint density at radius 2 is 2.25 bits per heavy atom. The fourth-order valence-corrected chi connectivity index (χ4v) is 1.53. The van der Waals surface area contributed by atoms with Gasteiger partial charge < -0.3 is 4.84 Å². The summed E-state index contributed by atoms with van der Waals surface area (Å²) in [5.41, 5.74) is 1.19. The van der Waals surface area contributed by atoms with Crippen molar-refractivity contribution in [2.24, 2.45) is 11.1 Å². The molecule has 0 radical (unpaired) electrons. The van der Waals surface area contributed by atoms with Crippen LogP contribution in [0.5, 0.6) is 0 Å². The maximum atomic E-state index is 5.01. The molecule has 0 bridgehead atoms. The summed E-state index contributed by atoms with van der Waals surface area (Å²) < 4.78 is 0. The third-order valence-electron chi connectivity index (χ3n) is 2.48. The second kappa shape index (κ2) is 5.18. The van der Waals surface area contributed by atoms with Gasteiger partial charge in [0.1, 0.15) is 6.61 Å². The Morgan fingerprint density at radius 1 is 1.42 bits per heavy atom. The Morgan fingerprint density at radius 3 is 2.83 bits per heavy atom. The van der Waals surface area contributed by atoms with Crippen LogP contribution < -0.4 is 0 Å². The Kier molecular flexibility index (Phi) is 4.12. The first-order chi connectivity index (χ1) is 5.84. The van der Waals surface area contributed by atoms with Crippen molar-refractivity contribution < 1.29 is 4.84 Å². The molecule has 1 aliphatic rings. The molecule has 1 heterocycles. The number of rotatable bonds is 5. The number of hydrogen-bond donors (Lipinski definition) is 0. The molecule has 0 aliphatic carbocycles. The number of nitrogens with zero attached hydrogens (tertiary/aromatic N) is 1. The standard InChI is InChI=1S/C10H19NO/c1-3-4-5-6-7-10-8-12-11-9(10)2/h10H,3-8H2,1-2H3. The normalized spacial score (nSPS) is 22.2. The Balaban J connectivity index is 2.03. The van der Waals surface area contributed by atoms with Crippen molar-refractivity contribution in [3.05, 3.63) is 0 Å². The van der Waals surface area contributed by atoms with Gasteiger partial charge in [-0.05, 0) is 13.3 Å². The maximum Gasteiger partial charge on any atom is 0.125 e. The van der Waals surface area contributed by atoms with Crippen molar-refractivity contribution in [2.45, 2.75) is 46.0 Å². The first-order valence-electron chi connectivity index (χ1n) is 5.01. The lowest BCUT2D eigenvalue weighted by molar-refractivity contribution is 0.152. The maximum absolute atomic E-state index is 5.01. The van der Waals surface area contributed by atoms with Crippen molar-refractivity contribution in [1.29, 1.82) is 0 Å². The van der Waals surface area contributed by atoms with Crippen LogP contribution in [0.15, 0.2) is 5.16 Å². The number of hydrogen-bond acceptors (Lipinski definition) is 2. The predicted molar refractivity (Wildman–Crippen MR) is 51.3 cm³/mol. The summed E-state index contributed by atoms with van der Waals surface area (Å²) in [6.45, 7) is 5.13. The SMILES string of the molecule is CCCCCCC1CON=C1C. The largest absolute Gasteiger partial charge is 0.395 e. The lowest BCUT2D eigenvalue weighted by Crippen LogP contribution is -2.09. The highest BCUT2D eigenvalue weighted by Gasteiger charge is 2.18. The van der Waals surface area contributed by atoms with Gasteiger partial charge >= 0.3 is 0 Å². The van der Waals surface area contributed by atoms with E-state index in [0.29, 0.717) is 5.92 Å². The van der Waals surface area contributed by atoms with Crippen molar-refractivity contribution in [3.63, 3.8) is 0 Å². The third kappa shape index (κ3) is 2.84. The second-order valence-corrected chi connectivity index (χ2v) is 3.57. The zero-order valence-corrected chi connectivity index (χ0v) is 8.18. The van der Waals surface area contributed by atoms with Crippen LogP contribution in [-0.2, 0) is 4.84 Å². The van der Waals surface area contributed by atoms with Gasteiger partial charge in [0.2, 0.25) is 0 Å². The van der Waals surface area contributed by atoms with Gasteiger partial charge in [0.25, 0.3) is 0 Å². The molecule has 0 fully saturated rings. The van der Waals surface area contributed by atoms with Gasteiger partial charge in [-0.1, -0.05) is 37.8 Å². The van der Waals surface area contributed by atoms with E-state index in [-0.39, 0.29) is 0 Å². The molecule has 0 aromatic heterocycles. The van der Waals surface area contributed by atoms with Gasteiger partial charge in [-0.25, -0.2) is 0 Å². The van der Waals surface area contributed by atoms with Gasteiger partial charge in [0.05, 0.1) is 5.71 Å².